The fourth-order valence-corrected chi connectivity index (χ4v) is 6.04. The molecule has 0 bridgehead atoms. The van der Waals surface area contributed by atoms with Crippen molar-refractivity contribution < 1.29 is 8.42 Å². The van der Waals surface area contributed by atoms with E-state index < -0.39 is 10.2 Å². The van der Waals surface area contributed by atoms with Crippen LogP contribution < -0.4 is 9.44 Å². The summed E-state index contributed by atoms with van der Waals surface area (Å²) in [7, 11) is -1.52. The Bertz CT molecular complexity index is 1120. The van der Waals surface area contributed by atoms with Gasteiger partial charge < -0.3 is 9.88 Å². The molecule has 150 valence electrons. The fraction of sp³-hybridized carbons (Fsp3) is 0.556. The molecular formula is C18H25N7O2S. The van der Waals surface area contributed by atoms with Crippen LogP contribution in [-0.4, -0.2) is 64.9 Å². The zero-order valence-electron chi connectivity index (χ0n) is 16.0. The molecule has 1 aliphatic carbocycles. The molecular weight excluding hydrogens is 378 g/mol. The minimum absolute atomic E-state index is 0.00488. The van der Waals surface area contributed by atoms with Crippen molar-refractivity contribution in [1.82, 2.24) is 33.7 Å². The highest BCUT2D eigenvalue weighted by atomic mass is 32.2. The normalized spacial score (nSPS) is 27.0. The van der Waals surface area contributed by atoms with Gasteiger partial charge in [0.1, 0.15) is 0 Å². The maximum atomic E-state index is 12.5. The molecule has 0 radical (unpaired) electrons. The van der Waals surface area contributed by atoms with Gasteiger partial charge in [-0.15, -0.1) is 0 Å². The zero-order chi connectivity index (χ0) is 19.5. The van der Waals surface area contributed by atoms with Crippen LogP contribution in [0.1, 0.15) is 31.4 Å². The molecule has 9 nitrogen and oxygen atoms in total. The van der Waals surface area contributed by atoms with E-state index in [-0.39, 0.29) is 18.0 Å². The molecule has 28 heavy (non-hydrogen) atoms. The smallest absolute Gasteiger partial charge is 0.277 e. The lowest BCUT2D eigenvalue weighted by molar-refractivity contribution is 0.179. The lowest BCUT2D eigenvalue weighted by atomic mass is 9.95. The molecule has 1 unspecified atom stereocenters. The summed E-state index contributed by atoms with van der Waals surface area (Å²) in [6.45, 7) is 3.70. The molecule has 5 rings (SSSR count). The summed E-state index contributed by atoms with van der Waals surface area (Å²) in [5.74, 6) is 0.586. The van der Waals surface area contributed by atoms with E-state index in [1.807, 2.05) is 25.5 Å². The molecule has 0 aromatic carbocycles. The Kier molecular flexibility index (Phi) is 4.20. The number of likely N-dealkylation sites (tertiary alicyclic amines) is 1. The van der Waals surface area contributed by atoms with Gasteiger partial charge in [-0.3, -0.25) is 4.40 Å². The van der Waals surface area contributed by atoms with E-state index in [2.05, 4.69) is 40.6 Å². The minimum Gasteiger partial charge on any atom is -0.345 e. The van der Waals surface area contributed by atoms with E-state index in [0.717, 1.165) is 48.4 Å². The molecule has 0 amide bonds. The second-order valence-electron chi connectivity index (χ2n) is 8.26. The predicted molar refractivity (Wildman–Crippen MR) is 106 cm³/mol. The predicted octanol–water partition coefficient (Wildman–Crippen LogP) is 0.831. The summed E-state index contributed by atoms with van der Waals surface area (Å²) in [4.78, 5) is 14.1. The summed E-state index contributed by atoms with van der Waals surface area (Å²) in [5.41, 5.74) is 3.75. The molecule has 2 fully saturated rings. The first-order chi connectivity index (χ1) is 13.4. The van der Waals surface area contributed by atoms with Gasteiger partial charge in [-0.2, -0.15) is 17.9 Å². The number of hydrogen-bond donors (Lipinski definition) is 3. The van der Waals surface area contributed by atoms with Crippen molar-refractivity contribution in [1.29, 1.82) is 0 Å². The molecule has 10 heteroatoms. The van der Waals surface area contributed by atoms with E-state index in [9.17, 15) is 8.42 Å². The molecule has 4 heterocycles. The van der Waals surface area contributed by atoms with E-state index in [1.54, 1.807) is 6.20 Å². The summed E-state index contributed by atoms with van der Waals surface area (Å²) in [5, 5.41) is 0. The first-order valence-electron chi connectivity index (χ1n) is 9.67. The topological polar surface area (TPSA) is 107 Å². The van der Waals surface area contributed by atoms with Gasteiger partial charge in [-0.05, 0) is 31.9 Å². The van der Waals surface area contributed by atoms with Crippen molar-refractivity contribution in [3.05, 3.63) is 30.4 Å². The fourth-order valence-electron chi connectivity index (χ4n) is 4.76. The average molecular weight is 404 g/mol. The van der Waals surface area contributed by atoms with Crippen LogP contribution in [0.5, 0.6) is 0 Å². The van der Waals surface area contributed by atoms with Gasteiger partial charge in [0, 0.05) is 49.2 Å². The lowest BCUT2D eigenvalue weighted by Crippen LogP contribution is -2.59. The summed E-state index contributed by atoms with van der Waals surface area (Å²) < 4.78 is 32.7. The van der Waals surface area contributed by atoms with Crippen molar-refractivity contribution >= 4 is 27.0 Å². The summed E-state index contributed by atoms with van der Waals surface area (Å²) in [6.07, 6.45) is 7.12. The van der Waals surface area contributed by atoms with Crippen LogP contribution in [0.4, 0.5) is 0 Å². The van der Waals surface area contributed by atoms with Gasteiger partial charge in [0.2, 0.25) is 0 Å². The number of nitrogens with zero attached hydrogens (tertiary/aromatic N) is 4. The molecule has 1 saturated carbocycles. The summed E-state index contributed by atoms with van der Waals surface area (Å²) in [6, 6.07) is 1.93. The Morgan fingerprint density at radius 1 is 1.14 bits per heavy atom. The van der Waals surface area contributed by atoms with Gasteiger partial charge in [0.05, 0.1) is 11.7 Å². The number of likely N-dealkylation sites (N-methyl/N-ethyl adjacent to an activating group) is 1. The number of nitrogens with one attached hydrogen (secondary N) is 3. The largest absolute Gasteiger partial charge is 0.345 e. The number of hydrogen-bond acceptors (Lipinski definition) is 5. The van der Waals surface area contributed by atoms with Gasteiger partial charge >= 0.3 is 0 Å². The van der Waals surface area contributed by atoms with E-state index in [1.165, 1.54) is 0 Å². The van der Waals surface area contributed by atoms with E-state index in [4.69, 9.17) is 0 Å². The number of H-pyrrole nitrogens is 1. The first-order valence-corrected chi connectivity index (χ1v) is 11.2. The standard InChI is InChI=1S/C18H25N7O2S/c1-11-5-12(22-28(26,27)23-13-9-24(2)10-13)6-14(11)16-7-20-17-8-21-18-15(25(16)17)3-4-19-18/h3-4,7-8,11-14,19,22-23H,5-6,9-10H2,1-2H3/t11-,12?,14+/m1/s1. The van der Waals surface area contributed by atoms with Crippen LogP contribution >= 0.6 is 0 Å². The Balaban J connectivity index is 1.36. The number of imidazole rings is 1. The molecule has 2 aliphatic rings. The third-order valence-electron chi connectivity index (χ3n) is 6.04. The van der Waals surface area contributed by atoms with Crippen LogP contribution in [0.15, 0.2) is 24.7 Å². The van der Waals surface area contributed by atoms with Crippen molar-refractivity contribution in [3.8, 4) is 0 Å². The highest BCUT2D eigenvalue weighted by Crippen LogP contribution is 2.40. The third kappa shape index (κ3) is 3.10. The van der Waals surface area contributed by atoms with Crippen LogP contribution in [-0.2, 0) is 10.2 Å². The lowest BCUT2D eigenvalue weighted by Gasteiger charge is -2.36. The van der Waals surface area contributed by atoms with E-state index in [0.29, 0.717) is 5.92 Å². The molecule has 1 saturated heterocycles. The average Bonchev–Trinajstić information content (AvgIpc) is 3.29. The maximum Gasteiger partial charge on any atom is 0.277 e. The Morgan fingerprint density at radius 2 is 1.93 bits per heavy atom. The number of aromatic amines is 1. The van der Waals surface area contributed by atoms with Crippen molar-refractivity contribution in [3.63, 3.8) is 0 Å². The maximum absolute atomic E-state index is 12.5. The molecule has 3 aromatic heterocycles. The Labute approximate surface area is 163 Å². The third-order valence-corrected chi connectivity index (χ3v) is 7.33. The molecule has 3 aromatic rings. The number of aromatic nitrogens is 4. The first kappa shape index (κ1) is 18.0. The highest BCUT2D eigenvalue weighted by Gasteiger charge is 2.37. The van der Waals surface area contributed by atoms with Crippen molar-refractivity contribution in [2.45, 2.75) is 37.8 Å². The van der Waals surface area contributed by atoms with Crippen LogP contribution in [0, 0.1) is 5.92 Å². The highest BCUT2D eigenvalue weighted by molar-refractivity contribution is 7.87. The Hall–Kier alpha value is -2.01. The second-order valence-corrected chi connectivity index (χ2v) is 9.73. The van der Waals surface area contributed by atoms with Crippen LogP contribution in [0.25, 0.3) is 16.8 Å². The SMILES string of the molecule is C[C@@H]1CC(NS(=O)(=O)NC2CN(C)C2)C[C@@H]1c1cnc2cnc3[nH]ccc3n12. The van der Waals surface area contributed by atoms with Gasteiger partial charge in [-0.1, -0.05) is 6.92 Å². The number of fused-ring (bicyclic) bond motifs is 3. The van der Waals surface area contributed by atoms with Gasteiger partial charge in [0.25, 0.3) is 10.2 Å². The quantitative estimate of drug-likeness (QED) is 0.585. The zero-order valence-corrected chi connectivity index (χ0v) is 16.8. The molecule has 1 aliphatic heterocycles. The summed E-state index contributed by atoms with van der Waals surface area (Å²) >= 11 is 0. The van der Waals surface area contributed by atoms with E-state index >= 15 is 0 Å². The molecule has 3 N–H and O–H groups in total. The molecule has 0 spiro atoms. The van der Waals surface area contributed by atoms with Gasteiger partial charge in [-0.25, -0.2) is 9.97 Å². The van der Waals surface area contributed by atoms with Crippen LogP contribution in [0.2, 0.25) is 0 Å². The number of rotatable bonds is 5. The van der Waals surface area contributed by atoms with Crippen molar-refractivity contribution in [2.75, 3.05) is 20.1 Å². The van der Waals surface area contributed by atoms with Crippen molar-refractivity contribution in [2.24, 2.45) is 5.92 Å². The second kappa shape index (κ2) is 6.51. The monoisotopic (exact) mass is 403 g/mol. The minimum atomic E-state index is -3.50. The molecule has 3 atom stereocenters. The Morgan fingerprint density at radius 3 is 2.71 bits per heavy atom. The van der Waals surface area contributed by atoms with Crippen LogP contribution in [0.3, 0.4) is 0 Å². The van der Waals surface area contributed by atoms with Gasteiger partial charge in [0.15, 0.2) is 11.3 Å².